The van der Waals surface area contributed by atoms with Crippen molar-refractivity contribution in [2.45, 2.75) is 26.9 Å². The van der Waals surface area contributed by atoms with Crippen molar-refractivity contribution in [3.05, 3.63) is 41.6 Å². The molecule has 2 nitrogen and oxygen atoms in total. The molecule has 0 amide bonds. The molecule has 1 atom stereocenters. The fourth-order valence-corrected chi connectivity index (χ4v) is 2.30. The second kappa shape index (κ2) is 4.71. The zero-order valence-electron chi connectivity index (χ0n) is 10.2. The lowest BCUT2D eigenvalue weighted by molar-refractivity contribution is 0.0952. The molecular weight excluding hydrogens is 198 g/mol. The van der Waals surface area contributed by atoms with Gasteiger partial charge in [-0.3, -0.25) is 0 Å². The summed E-state index contributed by atoms with van der Waals surface area (Å²) in [6.45, 7) is 8.10. The molecule has 2 heteroatoms. The molecule has 1 aliphatic heterocycles. The maximum absolute atomic E-state index is 5.77. The Balaban J connectivity index is 2.43. The Morgan fingerprint density at radius 3 is 2.69 bits per heavy atom. The number of allylic oxidation sites excluding steroid dienone is 1. The van der Waals surface area contributed by atoms with Crippen molar-refractivity contribution in [1.82, 2.24) is 0 Å². The third kappa shape index (κ3) is 1.85. The molecule has 1 aliphatic rings. The van der Waals surface area contributed by atoms with Gasteiger partial charge in [0.25, 0.3) is 0 Å². The highest BCUT2D eigenvalue weighted by molar-refractivity contribution is 5.62. The molecule has 1 aromatic carbocycles. The van der Waals surface area contributed by atoms with Gasteiger partial charge in [-0.25, -0.2) is 0 Å². The van der Waals surface area contributed by atoms with Crippen LogP contribution < -0.4 is 4.90 Å². The smallest absolute Gasteiger partial charge is 0.105 e. The van der Waals surface area contributed by atoms with Crippen LogP contribution in [0.2, 0.25) is 0 Å². The summed E-state index contributed by atoms with van der Waals surface area (Å²) in [6.07, 6.45) is 2.32. The molecule has 1 unspecified atom stereocenters. The van der Waals surface area contributed by atoms with E-state index in [9.17, 15) is 0 Å². The van der Waals surface area contributed by atoms with E-state index >= 15 is 0 Å². The molecule has 2 rings (SSSR count). The second-order valence-electron chi connectivity index (χ2n) is 3.99. The van der Waals surface area contributed by atoms with E-state index in [1.807, 2.05) is 6.92 Å². The molecule has 0 N–H and O–H groups in total. The fraction of sp³-hybridized carbons (Fsp3) is 0.429. The van der Waals surface area contributed by atoms with Gasteiger partial charge in [-0.2, -0.15) is 0 Å². The summed E-state index contributed by atoms with van der Waals surface area (Å²) in [5.41, 5.74) is 3.83. The van der Waals surface area contributed by atoms with Crippen molar-refractivity contribution in [3.63, 3.8) is 0 Å². The quantitative estimate of drug-likeness (QED) is 0.768. The second-order valence-corrected chi connectivity index (χ2v) is 3.99. The first-order valence-corrected chi connectivity index (χ1v) is 5.94. The Bertz CT molecular complexity index is 397. The minimum Gasteiger partial charge on any atom is -0.370 e. The molecule has 86 valence electrons. The Kier molecular flexibility index (Phi) is 3.30. The van der Waals surface area contributed by atoms with E-state index in [0.717, 1.165) is 13.2 Å². The first-order valence-electron chi connectivity index (χ1n) is 5.94. The van der Waals surface area contributed by atoms with Gasteiger partial charge in [0, 0.05) is 30.1 Å². The molecule has 1 heterocycles. The normalized spacial score (nSPS) is 19.3. The fourth-order valence-electron chi connectivity index (χ4n) is 2.30. The first-order chi connectivity index (χ1) is 7.77. The summed E-state index contributed by atoms with van der Waals surface area (Å²) in [7, 11) is 0. The topological polar surface area (TPSA) is 12.5 Å². The van der Waals surface area contributed by atoms with Crippen LogP contribution in [0.25, 0.3) is 0 Å². The Labute approximate surface area is 97.5 Å². The number of fused-ring (bicyclic) bond motifs is 1. The lowest BCUT2D eigenvalue weighted by Gasteiger charge is -2.33. The average Bonchev–Trinajstić information content (AvgIpc) is 2.30. The summed E-state index contributed by atoms with van der Waals surface area (Å²) in [5.74, 6) is 0. The van der Waals surface area contributed by atoms with Crippen LogP contribution in [0.1, 0.15) is 32.4 Å². The number of rotatable bonds is 3. The molecular formula is C14H19NO. The zero-order chi connectivity index (χ0) is 11.5. The Hall–Kier alpha value is -1.28. The van der Waals surface area contributed by atoms with Crippen LogP contribution >= 0.6 is 0 Å². The minimum atomic E-state index is 0.115. The Morgan fingerprint density at radius 1 is 1.25 bits per heavy atom. The minimum absolute atomic E-state index is 0.115. The number of hydrogen-bond donors (Lipinski definition) is 0. The monoisotopic (exact) mass is 217 g/mol. The molecule has 0 aliphatic carbocycles. The van der Waals surface area contributed by atoms with Crippen molar-refractivity contribution in [2.75, 3.05) is 18.1 Å². The number of nitrogens with zero attached hydrogens (tertiary/aromatic N) is 1. The van der Waals surface area contributed by atoms with E-state index in [0.29, 0.717) is 0 Å². The number of para-hydroxylation sites is 1. The van der Waals surface area contributed by atoms with Gasteiger partial charge >= 0.3 is 0 Å². The van der Waals surface area contributed by atoms with Crippen LogP contribution in [0.15, 0.2) is 36.0 Å². The van der Waals surface area contributed by atoms with Gasteiger partial charge in [-0.05, 0) is 32.9 Å². The number of hydrogen-bond acceptors (Lipinski definition) is 2. The van der Waals surface area contributed by atoms with Gasteiger partial charge in [0.1, 0.15) is 6.10 Å². The number of anilines is 1. The van der Waals surface area contributed by atoms with Gasteiger partial charge in [-0.1, -0.05) is 18.2 Å². The van der Waals surface area contributed by atoms with Crippen LogP contribution in [0.4, 0.5) is 5.69 Å². The predicted octanol–water partition coefficient (Wildman–Crippen LogP) is 3.51. The van der Waals surface area contributed by atoms with Crippen LogP contribution in [-0.2, 0) is 4.74 Å². The third-order valence-electron chi connectivity index (χ3n) is 3.01. The van der Waals surface area contributed by atoms with Crippen LogP contribution in [-0.4, -0.2) is 13.2 Å². The van der Waals surface area contributed by atoms with Crippen molar-refractivity contribution >= 4 is 5.69 Å². The van der Waals surface area contributed by atoms with Crippen LogP contribution in [0, 0.1) is 0 Å². The van der Waals surface area contributed by atoms with Gasteiger partial charge in [0.2, 0.25) is 0 Å². The summed E-state index contributed by atoms with van der Waals surface area (Å²) in [6, 6.07) is 8.49. The van der Waals surface area contributed by atoms with E-state index in [1.54, 1.807) is 0 Å². The molecule has 16 heavy (non-hydrogen) atoms. The van der Waals surface area contributed by atoms with Crippen molar-refractivity contribution in [2.24, 2.45) is 0 Å². The molecule has 0 radical (unpaired) electrons. The summed E-state index contributed by atoms with van der Waals surface area (Å²) < 4.78 is 5.77. The van der Waals surface area contributed by atoms with E-state index in [-0.39, 0.29) is 6.10 Å². The Morgan fingerprint density at radius 2 is 2.00 bits per heavy atom. The highest BCUT2D eigenvalue weighted by Gasteiger charge is 2.22. The van der Waals surface area contributed by atoms with Crippen LogP contribution in [0.3, 0.4) is 0 Å². The summed E-state index contributed by atoms with van der Waals surface area (Å²) in [5, 5.41) is 0. The van der Waals surface area contributed by atoms with E-state index in [4.69, 9.17) is 4.74 Å². The lowest BCUT2D eigenvalue weighted by Crippen LogP contribution is -2.26. The lowest BCUT2D eigenvalue weighted by atomic mass is 10.0. The third-order valence-corrected chi connectivity index (χ3v) is 3.01. The highest BCUT2D eigenvalue weighted by atomic mass is 16.5. The van der Waals surface area contributed by atoms with Gasteiger partial charge in [0.15, 0.2) is 0 Å². The van der Waals surface area contributed by atoms with E-state index < -0.39 is 0 Å². The molecule has 0 fully saturated rings. The number of ether oxygens (including phenoxy) is 1. The van der Waals surface area contributed by atoms with E-state index in [1.165, 1.54) is 16.9 Å². The van der Waals surface area contributed by atoms with Crippen molar-refractivity contribution < 1.29 is 4.74 Å². The van der Waals surface area contributed by atoms with Crippen molar-refractivity contribution in [3.8, 4) is 0 Å². The predicted molar refractivity (Wildman–Crippen MR) is 67.6 cm³/mol. The van der Waals surface area contributed by atoms with Crippen molar-refractivity contribution in [1.29, 1.82) is 0 Å². The van der Waals surface area contributed by atoms with Gasteiger partial charge < -0.3 is 9.64 Å². The van der Waals surface area contributed by atoms with Gasteiger partial charge in [0.05, 0.1) is 0 Å². The number of benzene rings is 1. The summed E-state index contributed by atoms with van der Waals surface area (Å²) in [4.78, 5) is 2.32. The molecule has 0 saturated heterocycles. The largest absolute Gasteiger partial charge is 0.370 e. The molecule has 0 bridgehead atoms. The maximum Gasteiger partial charge on any atom is 0.105 e. The molecule has 0 aromatic heterocycles. The molecule has 1 aromatic rings. The first kappa shape index (κ1) is 11.2. The standard InChI is InChI=1S/C14H19NO/c1-4-15-11(3)10-14(16-5-2)12-8-6-7-9-13(12)15/h6-10,14H,4-5H2,1-3H3. The van der Waals surface area contributed by atoms with E-state index in [2.05, 4.69) is 49.1 Å². The molecule has 0 saturated carbocycles. The maximum atomic E-state index is 5.77. The SMILES string of the molecule is CCOC1C=C(C)N(CC)c2ccccc21. The van der Waals surface area contributed by atoms with Gasteiger partial charge in [-0.15, -0.1) is 0 Å². The average molecular weight is 217 g/mol. The highest BCUT2D eigenvalue weighted by Crippen LogP contribution is 2.36. The summed E-state index contributed by atoms with van der Waals surface area (Å²) >= 11 is 0. The zero-order valence-corrected chi connectivity index (χ0v) is 10.2. The van der Waals surface area contributed by atoms with Crippen LogP contribution in [0.5, 0.6) is 0 Å². The molecule has 0 spiro atoms.